The molecule has 5 nitrogen and oxygen atoms in total. The number of hydrogen-bond donors (Lipinski definition) is 2. The van der Waals surface area contributed by atoms with Gasteiger partial charge in [-0.25, -0.2) is 10.8 Å². The molecule has 3 N–H and O–H groups in total. The summed E-state index contributed by atoms with van der Waals surface area (Å²) in [6, 6.07) is 6.96. The molecule has 0 saturated heterocycles. The summed E-state index contributed by atoms with van der Waals surface area (Å²) in [6.45, 7) is 0. The first-order valence-electron chi connectivity index (χ1n) is 5.25. The van der Waals surface area contributed by atoms with E-state index >= 15 is 0 Å². The molecule has 0 aliphatic rings. The SMILES string of the molecule is NNc1nc(Oc2ccccc2Cl)cc(C(F)(F)F)n1. The van der Waals surface area contributed by atoms with Gasteiger partial charge in [0.25, 0.3) is 0 Å². The zero-order valence-electron chi connectivity index (χ0n) is 9.78. The van der Waals surface area contributed by atoms with Gasteiger partial charge in [0.15, 0.2) is 5.69 Å². The number of nitrogens with one attached hydrogen (secondary N) is 1. The van der Waals surface area contributed by atoms with Crippen molar-refractivity contribution in [2.24, 2.45) is 5.84 Å². The molecule has 1 aromatic carbocycles. The quantitative estimate of drug-likeness (QED) is 0.673. The average Bonchev–Trinajstić information content (AvgIpc) is 2.40. The first-order valence-corrected chi connectivity index (χ1v) is 5.63. The molecule has 0 aliphatic carbocycles. The lowest BCUT2D eigenvalue weighted by Gasteiger charge is -2.11. The molecule has 0 spiro atoms. The second-order valence-corrected chi connectivity index (χ2v) is 4.00. The first-order chi connectivity index (χ1) is 9.40. The Hall–Kier alpha value is -2.06. The predicted molar refractivity (Wildman–Crippen MR) is 66.4 cm³/mol. The molecule has 0 fully saturated rings. The van der Waals surface area contributed by atoms with Crippen LogP contribution in [0.5, 0.6) is 11.6 Å². The minimum atomic E-state index is -4.65. The Kier molecular flexibility index (Phi) is 3.96. The van der Waals surface area contributed by atoms with E-state index in [0.717, 1.165) is 0 Å². The van der Waals surface area contributed by atoms with Gasteiger partial charge in [-0.2, -0.15) is 18.2 Å². The van der Waals surface area contributed by atoms with Crippen molar-refractivity contribution in [2.75, 3.05) is 5.43 Å². The topological polar surface area (TPSA) is 73.1 Å². The fourth-order valence-corrected chi connectivity index (χ4v) is 1.50. The fraction of sp³-hybridized carbons (Fsp3) is 0.0909. The molecule has 2 rings (SSSR count). The van der Waals surface area contributed by atoms with Crippen LogP contribution in [0.2, 0.25) is 5.02 Å². The number of hydrazine groups is 1. The van der Waals surface area contributed by atoms with Crippen molar-refractivity contribution in [3.8, 4) is 11.6 Å². The van der Waals surface area contributed by atoms with E-state index in [0.29, 0.717) is 6.07 Å². The zero-order valence-corrected chi connectivity index (χ0v) is 10.5. The number of nitrogen functional groups attached to an aromatic ring is 1. The Morgan fingerprint density at radius 3 is 2.50 bits per heavy atom. The number of alkyl halides is 3. The minimum Gasteiger partial charge on any atom is -0.437 e. The van der Waals surface area contributed by atoms with Crippen LogP contribution in [0.3, 0.4) is 0 Å². The number of para-hydroxylation sites is 1. The van der Waals surface area contributed by atoms with Crippen LogP contribution in [0.4, 0.5) is 19.1 Å². The molecule has 1 heterocycles. The molecule has 0 aliphatic heterocycles. The van der Waals surface area contributed by atoms with Crippen molar-refractivity contribution >= 4 is 17.5 Å². The van der Waals surface area contributed by atoms with Crippen LogP contribution in [0.25, 0.3) is 0 Å². The predicted octanol–water partition coefficient (Wildman–Crippen LogP) is 3.23. The van der Waals surface area contributed by atoms with Crippen LogP contribution >= 0.6 is 11.6 Å². The van der Waals surface area contributed by atoms with E-state index in [2.05, 4.69) is 9.97 Å². The number of rotatable bonds is 3. The van der Waals surface area contributed by atoms with E-state index < -0.39 is 17.8 Å². The molecule has 0 amide bonds. The van der Waals surface area contributed by atoms with Gasteiger partial charge in [0, 0.05) is 6.07 Å². The Morgan fingerprint density at radius 1 is 1.20 bits per heavy atom. The van der Waals surface area contributed by atoms with E-state index in [-0.39, 0.29) is 16.7 Å². The monoisotopic (exact) mass is 304 g/mol. The first kappa shape index (κ1) is 14.4. The van der Waals surface area contributed by atoms with Gasteiger partial charge >= 0.3 is 6.18 Å². The summed E-state index contributed by atoms with van der Waals surface area (Å²) < 4.78 is 43.2. The smallest absolute Gasteiger partial charge is 0.433 e. The zero-order chi connectivity index (χ0) is 14.8. The summed E-state index contributed by atoms with van der Waals surface area (Å²) in [5.74, 6) is 4.46. The molecule has 20 heavy (non-hydrogen) atoms. The molecule has 0 bridgehead atoms. The van der Waals surface area contributed by atoms with Crippen LogP contribution < -0.4 is 16.0 Å². The largest absolute Gasteiger partial charge is 0.437 e. The highest BCUT2D eigenvalue weighted by Gasteiger charge is 2.34. The van der Waals surface area contributed by atoms with E-state index in [9.17, 15) is 13.2 Å². The van der Waals surface area contributed by atoms with E-state index in [4.69, 9.17) is 22.2 Å². The summed E-state index contributed by atoms with van der Waals surface area (Å²) in [5.41, 5.74) is 0.767. The van der Waals surface area contributed by atoms with Gasteiger partial charge in [0.1, 0.15) is 5.75 Å². The number of ether oxygens (including phenoxy) is 1. The molecule has 0 unspecified atom stereocenters. The molecule has 2 aromatic rings. The standard InChI is InChI=1S/C11H8ClF3N4O/c12-6-3-1-2-4-7(6)20-9-5-8(11(13,14)15)17-10(18-9)19-16/h1-5H,16H2,(H,17,18,19). The summed E-state index contributed by atoms with van der Waals surface area (Å²) in [4.78, 5) is 6.88. The third kappa shape index (κ3) is 3.28. The Labute approximate surface area is 116 Å². The highest BCUT2D eigenvalue weighted by molar-refractivity contribution is 6.32. The molecular weight excluding hydrogens is 297 g/mol. The van der Waals surface area contributed by atoms with Gasteiger partial charge in [0.05, 0.1) is 5.02 Å². The van der Waals surface area contributed by atoms with Gasteiger partial charge < -0.3 is 4.74 Å². The number of anilines is 1. The van der Waals surface area contributed by atoms with Gasteiger partial charge in [-0.05, 0) is 12.1 Å². The lowest BCUT2D eigenvalue weighted by Crippen LogP contribution is -2.15. The Bertz CT molecular complexity index is 621. The Morgan fingerprint density at radius 2 is 1.90 bits per heavy atom. The molecule has 9 heteroatoms. The van der Waals surface area contributed by atoms with E-state index in [1.807, 2.05) is 5.43 Å². The van der Waals surface area contributed by atoms with Gasteiger partial charge in [-0.3, -0.25) is 5.43 Å². The lowest BCUT2D eigenvalue weighted by atomic mass is 10.3. The van der Waals surface area contributed by atoms with Crippen molar-refractivity contribution in [3.63, 3.8) is 0 Å². The number of halogens is 4. The summed E-state index contributed by atoms with van der Waals surface area (Å²) in [5, 5.41) is 0.238. The number of hydrogen-bond acceptors (Lipinski definition) is 5. The van der Waals surface area contributed by atoms with Gasteiger partial charge in [-0.1, -0.05) is 23.7 Å². The second kappa shape index (κ2) is 5.51. The van der Waals surface area contributed by atoms with Crippen molar-refractivity contribution < 1.29 is 17.9 Å². The number of aromatic nitrogens is 2. The molecule has 0 atom stereocenters. The van der Waals surface area contributed by atoms with Gasteiger partial charge in [0.2, 0.25) is 11.8 Å². The van der Waals surface area contributed by atoms with Crippen LogP contribution in [-0.4, -0.2) is 9.97 Å². The van der Waals surface area contributed by atoms with Crippen LogP contribution in [-0.2, 0) is 6.18 Å². The maximum Gasteiger partial charge on any atom is 0.433 e. The minimum absolute atomic E-state index is 0.170. The molecular formula is C11H8ClF3N4O. The van der Waals surface area contributed by atoms with Gasteiger partial charge in [-0.15, -0.1) is 0 Å². The highest BCUT2D eigenvalue weighted by Crippen LogP contribution is 2.33. The van der Waals surface area contributed by atoms with Crippen LogP contribution in [0.15, 0.2) is 30.3 Å². The van der Waals surface area contributed by atoms with Crippen molar-refractivity contribution in [1.29, 1.82) is 0 Å². The number of benzene rings is 1. The van der Waals surface area contributed by atoms with Crippen molar-refractivity contribution in [3.05, 3.63) is 41.0 Å². The summed E-state index contributed by atoms with van der Waals surface area (Å²) >= 11 is 5.85. The average molecular weight is 305 g/mol. The third-order valence-corrected chi connectivity index (χ3v) is 2.49. The van der Waals surface area contributed by atoms with Crippen LogP contribution in [0.1, 0.15) is 5.69 Å². The fourth-order valence-electron chi connectivity index (χ4n) is 1.33. The van der Waals surface area contributed by atoms with E-state index in [1.54, 1.807) is 12.1 Å². The van der Waals surface area contributed by atoms with Crippen molar-refractivity contribution in [1.82, 2.24) is 9.97 Å². The molecule has 0 saturated carbocycles. The van der Waals surface area contributed by atoms with E-state index in [1.165, 1.54) is 12.1 Å². The Balaban J connectivity index is 2.39. The van der Waals surface area contributed by atoms with Crippen LogP contribution in [0, 0.1) is 0 Å². The lowest BCUT2D eigenvalue weighted by molar-refractivity contribution is -0.141. The molecule has 0 radical (unpaired) electrons. The summed E-state index contributed by atoms with van der Waals surface area (Å²) in [7, 11) is 0. The van der Waals surface area contributed by atoms with Crippen molar-refractivity contribution in [2.45, 2.75) is 6.18 Å². The second-order valence-electron chi connectivity index (χ2n) is 3.59. The third-order valence-electron chi connectivity index (χ3n) is 2.17. The number of nitrogens with zero attached hydrogens (tertiary/aromatic N) is 2. The maximum atomic E-state index is 12.7. The molecule has 106 valence electrons. The normalized spacial score (nSPS) is 11.2. The summed E-state index contributed by atoms with van der Waals surface area (Å²) in [6.07, 6.45) is -4.65. The highest BCUT2D eigenvalue weighted by atomic mass is 35.5. The molecule has 1 aromatic heterocycles. The maximum absolute atomic E-state index is 12.7. The number of nitrogens with two attached hydrogens (primary N) is 1.